The lowest BCUT2D eigenvalue weighted by molar-refractivity contribution is 0.00695. The fourth-order valence-corrected chi connectivity index (χ4v) is 2.36. The number of rotatable bonds is 5. The van der Waals surface area contributed by atoms with E-state index in [1.807, 2.05) is 45.0 Å². The Bertz CT molecular complexity index is 927. The Hall–Kier alpha value is -3.22. The van der Waals surface area contributed by atoms with Crippen molar-refractivity contribution in [1.29, 1.82) is 0 Å². The summed E-state index contributed by atoms with van der Waals surface area (Å²) < 4.78 is 10.5. The first-order chi connectivity index (χ1) is 12.8. The van der Waals surface area contributed by atoms with Crippen molar-refractivity contribution in [2.24, 2.45) is 0 Å². The zero-order valence-corrected chi connectivity index (χ0v) is 15.8. The maximum atomic E-state index is 12.1. The molecule has 0 aliphatic heterocycles. The summed E-state index contributed by atoms with van der Waals surface area (Å²) in [4.78, 5) is 20.6. The van der Waals surface area contributed by atoms with Crippen LogP contribution in [0.4, 0.5) is 5.82 Å². The summed E-state index contributed by atoms with van der Waals surface area (Å²) in [5.41, 5.74) is 1.84. The predicted molar refractivity (Wildman–Crippen MR) is 101 cm³/mol. The first-order valence-corrected chi connectivity index (χ1v) is 8.63. The Morgan fingerprint density at radius 3 is 2.56 bits per heavy atom. The van der Waals surface area contributed by atoms with Crippen LogP contribution in [-0.2, 0) is 11.3 Å². The Morgan fingerprint density at radius 2 is 1.93 bits per heavy atom. The van der Waals surface area contributed by atoms with E-state index < -0.39 is 5.60 Å². The molecule has 0 unspecified atom stereocenters. The number of esters is 1. The molecular weight excluding hydrogens is 344 g/mol. The van der Waals surface area contributed by atoms with Gasteiger partial charge in [-0.25, -0.2) is 9.78 Å². The van der Waals surface area contributed by atoms with E-state index in [-0.39, 0.29) is 5.97 Å². The van der Waals surface area contributed by atoms with E-state index in [0.717, 1.165) is 11.1 Å². The first kappa shape index (κ1) is 18.6. The van der Waals surface area contributed by atoms with Crippen molar-refractivity contribution in [3.05, 3.63) is 59.5 Å². The molecule has 0 spiro atoms. The quantitative estimate of drug-likeness (QED) is 0.682. The second-order valence-electron chi connectivity index (χ2n) is 7.13. The largest absolute Gasteiger partial charge is 0.456 e. The van der Waals surface area contributed by atoms with Gasteiger partial charge in [-0.15, -0.1) is 0 Å². The second-order valence-corrected chi connectivity index (χ2v) is 7.13. The van der Waals surface area contributed by atoms with Gasteiger partial charge in [-0.2, -0.15) is 4.98 Å². The van der Waals surface area contributed by atoms with Gasteiger partial charge in [0.05, 0.1) is 5.56 Å². The van der Waals surface area contributed by atoms with Gasteiger partial charge in [0, 0.05) is 18.3 Å². The highest BCUT2D eigenvalue weighted by atomic mass is 16.6. The molecule has 0 bridgehead atoms. The van der Waals surface area contributed by atoms with E-state index in [0.29, 0.717) is 29.6 Å². The summed E-state index contributed by atoms with van der Waals surface area (Å²) in [5.74, 6) is 1.41. The molecule has 27 heavy (non-hydrogen) atoms. The standard InChI is InChI=1S/C20H22N4O3/c1-13-23-18(27-24-13)16-9-10-21-17(11-16)22-12-14-5-7-15(8-6-14)19(25)26-20(2,3)4/h5-11H,12H2,1-4H3,(H,21,22). The highest BCUT2D eigenvalue weighted by Gasteiger charge is 2.17. The molecule has 0 radical (unpaired) electrons. The second kappa shape index (κ2) is 7.57. The molecule has 1 aromatic carbocycles. The number of aryl methyl sites for hydroxylation is 1. The molecule has 0 saturated carbocycles. The molecule has 0 saturated heterocycles. The van der Waals surface area contributed by atoms with Crippen molar-refractivity contribution in [3.8, 4) is 11.5 Å². The highest BCUT2D eigenvalue weighted by molar-refractivity contribution is 5.89. The van der Waals surface area contributed by atoms with Crippen LogP contribution in [0.5, 0.6) is 0 Å². The minimum absolute atomic E-state index is 0.328. The zero-order chi connectivity index (χ0) is 19.4. The van der Waals surface area contributed by atoms with Gasteiger partial charge in [0.25, 0.3) is 5.89 Å². The number of nitrogens with zero attached hydrogens (tertiary/aromatic N) is 3. The number of nitrogens with one attached hydrogen (secondary N) is 1. The third-order valence-electron chi connectivity index (χ3n) is 3.60. The Labute approximate surface area is 157 Å². The van der Waals surface area contributed by atoms with Crippen molar-refractivity contribution < 1.29 is 14.1 Å². The average molecular weight is 366 g/mol. The summed E-state index contributed by atoms with van der Waals surface area (Å²) in [6.45, 7) is 7.88. The number of hydrogen-bond donors (Lipinski definition) is 1. The van der Waals surface area contributed by atoms with E-state index in [2.05, 4.69) is 20.4 Å². The van der Waals surface area contributed by atoms with Gasteiger partial charge in [0.15, 0.2) is 5.82 Å². The van der Waals surface area contributed by atoms with Gasteiger partial charge in [0.2, 0.25) is 0 Å². The summed E-state index contributed by atoms with van der Waals surface area (Å²) in [5, 5.41) is 7.04. The van der Waals surface area contributed by atoms with Crippen LogP contribution in [0.1, 0.15) is 42.5 Å². The van der Waals surface area contributed by atoms with Crippen molar-refractivity contribution in [3.63, 3.8) is 0 Å². The van der Waals surface area contributed by atoms with E-state index in [4.69, 9.17) is 9.26 Å². The normalized spacial score (nSPS) is 11.3. The van der Waals surface area contributed by atoms with Gasteiger partial charge >= 0.3 is 5.97 Å². The number of carbonyl (C=O) groups excluding carboxylic acids is 1. The molecule has 3 aromatic rings. The molecule has 0 amide bonds. The summed E-state index contributed by atoms with van der Waals surface area (Å²) >= 11 is 0. The Morgan fingerprint density at radius 1 is 1.19 bits per heavy atom. The number of hydrogen-bond acceptors (Lipinski definition) is 7. The number of benzene rings is 1. The maximum Gasteiger partial charge on any atom is 0.338 e. The van der Waals surface area contributed by atoms with Gasteiger partial charge in [0.1, 0.15) is 11.4 Å². The first-order valence-electron chi connectivity index (χ1n) is 8.63. The average Bonchev–Trinajstić information content (AvgIpc) is 3.06. The molecule has 2 aromatic heterocycles. The SMILES string of the molecule is Cc1noc(-c2ccnc(NCc3ccc(C(=O)OC(C)(C)C)cc3)c2)n1. The monoisotopic (exact) mass is 366 g/mol. The summed E-state index contributed by atoms with van der Waals surface area (Å²) in [6, 6.07) is 11.0. The van der Waals surface area contributed by atoms with Crippen LogP contribution < -0.4 is 5.32 Å². The molecule has 3 rings (SSSR count). The van der Waals surface area contributed by atoms with Crippen LogP contribution in [0.25, 0.3) is 11.5 Å². The van der Waals surface area contributed by atoms with E-state index in [9.17, 15) is 4.79 Å². The van der Waals surface area contributed by atoms with Crippen LogP contribution in [0.3, 0.4) is 0 Å². The number of aromatic nitrogens is 3. The Kier molecular flexibility index (Phi) is 5.21. The molecule has 7 heteroatoms. The van der Waals surface area contributed by atoms with Crippen LogP contribution in [-0.4, -0.2) is 26.7 Å². The maximum absolute atomic E-state index is 12.1. The lowest BCUT2D eigenvalue weighted by Gasteiger charge is -2.19. The number of ether oxygens (including phenoxy) is 1. The lowest BCUT2D eigenvalue weighted by Crippen LogP contribution is -2.23. The smallest absolute Gasteiger partial charge is 0.338 e. The third-order valence-corrected chi connectivity index (χ3v) is 3.60. The van der Waals surface area contributed by atoms with E-state index in [1.165, 1.54) is 0 Å². The zero-order valence-electron chi connectivity index (χ0n) is 15.8. The lowest BCUT2D eigenvalue weighted by atomic mass is 10.1. The molecule has 0 aliphatic rings. The molecule has 140 valence electrons. The van der Waals surface area contributed by atoms with E-state index >= 15 is 0 Å². The van der Waals surface area contributed by atoms with Crippen LogP contribution in [0, 0.1) is 6.92 Å². The minimum Gasteiger partial charge on any atom is -0.456 e. The molecular formula is C20H22N4O3. The topological polar surface area (TPSA) is 90.1 Å². The molecule has 1 N–H and O–H groups in total. The summed E-state index contributed by atoms with van der Waals surface area (Å²) in [7, 11) is 0. The number of pyridine rings is 1. The van der Waals surface area contributed by atoms with Crippen molar-refractivity contribution in [2.75, 3.05) is 5.32 Å². The third kappa shape index (κ3) is 5.13. The Balaban J connectivity index is 1.63. The fraction of sp³-hybridized carbons (Fsp3) is 0.300. The van der Waals surface area contributed by atoms with Gasteiger partial charge in [-0.05, 0) is 57.5 Å². The highest BCUT2D eigenvalue weighted by Crippen LogP contribution is 2.20. The van der Waals surface area contributed by atoms with E-state index in [1.54, 1.807) is 25.3 Å². The van der Waals surface area contributed by atoms with Crippen LogP contribution in [0.15, 0.2) is 47.1 Å². The summed E-state index contributed by atoms with van der Waals surface area (Å²) in [6.07, 6.45) is 1.68. The minimum atomic E-state index is -0.509. The fourth-order valence-electron chi connectivity index (χ4n) is 2.36. The number of anilines is 1. The van der Waals surface area contributed by atoms with Crippen molar-refractivity contribution in [2.45, 2.75) is 39.8 Å². The molecule has 0 fully saturated rings. The van der Waals surface area contributed by atoms with Gasteiger partial charge < -0.3 is 14.6 Å². The predicted octanol–water partition coefficient (Wildman–Crippen LogP) is 4.01. The van der Waals surface area contributed by atoms with Gasteiger partial charge in [-0.1, -0.05) is 17.3 Å². The van der Waals surface area contributed by atoms with Crippen LogP contribution in [0.2, 0.25) is 0 Å². The number of carbonyl (C=O) groups is 1. The molecule has 0 aliphatic carbocycles. The molecule has 2 heterocycles. The van der Waals surface area contributed by atoms with Crippen molar-refractivity contribution in [1.82, 2.24) is 15.1 Å². The van der Waals surface area contributed by atoms with Crippen LogP contribution >= 0.6 is 0 Å². The molecule has 7 nitrogen and oxygen atoms in total. The molecule has 0 atom stereocenters. The van der Waals surface area contributed by atoms with Crippen molar-refractivity contribution >= 4 is 11.8 Å². The van der Waals surface area contributed by atoms with Gasteiger partial charge in [-0.3, -0.25) is 0 Å².